The van der Waals surface area contributed by atoms with E-state index < -0.39 is 15.7 Å². The fourth-order valence-corrected chi connectivity index (χ4v) is 5.07. The first-order chi connectivity index (χ1) is 9.08. The van der Waals surface area contributed by atoms with Crippen molar-refractivity contribution < 1.29 is 8.42 Å². The molecule has 0 radical (unpaired) electrons. The lowest BCUT2D eigenvalue weighted by Gasteiger charge is -2.38. The van der Waals surface area contributed by atoms with Crippen LogP contribution in [0.15, 0.2) is 0 Å². The fraction of sp³-hybridized carbons (Fsp3) is 1.00. The molecule has 1 rings (SSSR count). The van der Waals surface area contributed by atoms with Crippen LogP contribution >= 0.6 is 0 Å². The van der Waals surface area contributed by atoms with E-state index in [0.717, 1.165) is 12.8 Å². The van der Waals surface area contributed by atoms with Crippen molar-refractivity contribution in [3.8, 4) is 0 Å². The van der Waals surface area contributed by atoms with Gasteiger partial charge in [0.05, 0.1) is 0 Å². The van der Waals surface area contributed by atoms with Crippen LogP contribution in [-0.2, 0) is 10.2 Å². The first-order valence-corrected chi connectivity index (χ1v) is 9.01. The molecule has 0 aromatic heterocycles. The second-order valence-electron chi connectivity index (χ2n) is 7.23. The van der Waals surface area contributed by atoms with Gasteiger partial charge in [-0.25, -0.2) is 0 Å². The molecule has 1 heterocycles. The molecular formula is C14H31N3O2S. The Labute approximate surface area is 124 Å². The van der Waals surface area contributed by atoms with Crippen LogP contribution in [0.1, 0.15) is 47.5 Å². The van der Waals surface area contributed by atoms with E-state index in [0.29, 0.717) is 37.4 Å². The maximum absolute atomic E-state index is 12.6. The zero-order valence-corrected chi connectivity index (χ0v) is 14.3. The molecular weight excluding hydrogens is 274 g/mol. The minimum atomic E-state index is -3.46. The highest BCUT2D eigenvalue weighted by molar-refractivity contribution is 7.87. The predicted octanol–water partition coefficient (Wildman–Crippen LogP) is 1.56. The van der Waals surface area contributed by atoms with Crippen LogP contribution in [-0.4, -0.2) is 37.9 Å². The van der Waals surface area contributed by atoms with Crippen molar-refractivity contribution in [2.75, 3.05) is 19.6 Å². The molecule has 6 heteroatoms. The molecule has 0 aromatic rings. The van der Waals surface area contributed by atoms with Gasteiger partial charge in [-0.1, -0.05) is 27.7 Å². The molecule has 1 saturated heterocycles. The van der Waals surface area contributed by atoms with Crippen molar-refractivity contribution in [3.63, 3.8) is 0 Å². The molecule has 5 nitrogen and oxygen atoms in total. The summed E-state index contributed by atoms with van der Waals surface area (Å²) in [5.41, 5.74) is 5.23. The Morgan fingerprint density at radius 1 is 1.30 bits per heavy atom. The van der Waals surface area contributed by atoms with E-state index in [9.17, 15) is 8.42 Å². The Morgan fingerprint density at radius 3 is 2.20 bits per heavy atom. The number of piperidine rings is 1. The van der Waals surface area contributed by atoms with Crippen molar-refractivity contribution in [1.29, 1.82) is 0 Å². The summed E-state index contributed by atoms with van der Waals surface area (Å²) in [6, 6.07) is 0. The Kier molecular flexibility index (Phi) is 6.01. The summed E-state index contributed by atoms with van der Waals surface area (Å²) < 4.78 is 29.6. The van der Waals surface area contributed by atoms with Crippen LogP contribution < -0.4 is 10.5 Å². The summed E-state index contributed by atoms with van der Waals surface area (Å²) >= 11 is 0. The number of rotatable bonds is 6. The van der Waals surface area contributed by atoms with Crippen LogP contribution in [0.5, 0.6) is 0 Å². The summed E-state index contributed by atoms with van der Waals surface area (Å²) in [7, 11) is -3.46. The topological polar surface area (TPSA) is 75.4 Å². The number of hydrogen-bond donors (Lipinski definition) is 2. The maximum Gasteiger partial charge on any atom is 0.280 e. The van der Waals surface area contributed by atoms with Gasteiger partial charge in [0.2, 0.25) is 0 Å². The van der Waals surface area contributed by atoms with Crippen molar-refractivity contribution >= 4 is 10.2 Å². The van der Waals surface area contributed by atoms with E-state index in [-0.39, 0.29) is 0 Å². The second-order valence-corrected chi connectivity index (χ2v) is 8.90. The SMILES string of the molecule is CC(C)CC(C)(CN)NS(=O)(=O)N1CC(C)CC(C)C1. The number of nitrogens with two attached hydrogens (primary N) is 1. The normalized spacial score (nSPS) is 28.6. The summed E-state index contributed by atoms with van der Waals surface area (Å²) in [5.74, 6) is 1.21. The molecule has 120 valence electrons. The third-order valence-corrected chi connectivity index (χ3v) is 5.59. The van der Waals surface area contributed by atoms with Crippen molar-refractivity contribution in [3.05, 3.63) is 0 Å². The minimum Gasteiger partial charge on any atom is -0.329 e. The summed E-state index contributed by atoms with van der Waals surface area (Å²) in [4.78, 5) is 0. The molecule has 0 bridgehead atoms. The van der Waals surface area contributed by atoms with Gasteiger partial charge in [-0.05, 0) is 37.5 Å². The number of nitrogens with zero attached hydrogens (tertiary/aromatic N) is 1. The molecule has 0 saturated carbocycles. The van der Waals surface area contributed by atoms with E-state index in [2.05, 4.69) is 32.4 Å². The van der Waals surface area contributed by atoms with Crippen LogP contribution in [0, 0.1) is 17.8 Å². The summed E-state index contributed by atoms with van der Waals surface area (Å²) in [6.45, 7) is 11.8. The summed E-state index contributed by atoms with van der Waals surface area (Å²) in [5, 5.41) is 0. The Hall–Kier alpha value is -0.170. The van der Waals surface area contributed by atoms with Crippen LogP contribution in [0.4, 0.5) is 0 Å². The first kappa shape index (κ1) is 17.9. The van der Waals surface area contributed by atoms with Crippen LogP contribution in [0.2, 0.25) is 0 Å². The monoisotopic (exact) mass is 305 g/mol. The second kappa shape index (κ2) is 6.73. The average Bonchev–Trinajstić information content (AvgIpc) is 2.25. The van der Waals surface area contributed by atoms with Crippen molar-refractivity contribution in [1.82, 2.24) is 9.03 Å². The summed E-state index contributed by atoms with van der Waals surface area (Å²) in [6.07, 6.45) is 1.83. The Bertz CT molecular complexity index is 401. The van der Waals surface area contributed by atoms with E-state index in [1.807, 2.05) is 6.92 Å². The predicted molar refractivity (Wildman–Crippen MR) is 83.5 cm³/mol. The van der Waals surface area contributed by atoms with Gasteiger partial charge in [0.15, 0.2) is 0 Å². The molecule has 0 aromatic carbocycles. The quantitative estimate of drug-likeness (QED) is 0.782. The minimum absolute atomic E-state index is 0.309. The third-order valence-electron chi connectivity index (χ3n) is 3.86. The Morgan fingerprint density at radius 2 is 1.80 bits per heavy atom. The highest BCUT2D eigenvalue weighted by Crippen LogP contribution is 2.24. The van der Waals surface area contributed by atoms with Gasteiger partial charge in [0.1, 0.15) is 0 Å². The van der Waals surface area contributed by atoms with Gasteiger partial charge in [-0.15, -0.1) is 0 Å². The third kappa shape index (κ3) is 4.98. The maximum atomic E-state index is 12.6. The van der Waals surface area contributed by atoms with Gasteiger partial charge >= 0.3 is 0 Å². The molecule has 3 atom stereocenters. The lowest BCUT2D eigenvalue weighted by atomic mass is 9.92. The molecule has 0 aliphatic carbocycles. The fourth-order valence-electron chi connectivity index (χ4n) is 3.25. The highest BCUT2D eigenvalue weighted by atomic mass is 32.2. The van der Waals surface area contributed by atoms with Gasteiger partial charge in [-0.2, -0.15) is 17.4 Å². The molecule has 20 heavy (non-hydrogen) atoms. The van der Waals surface area contributed by atoms with Gasteiger partial charge < -0.3 is 5.73 Å². The highest BCUT2D eigenvalue weighted by Gasteiger charge is 2.35. The molecule has 1 aliphatic heterocycles. The molecule has 1 aliphatic rings. The van der Waals surface area contributed by atoms with E-state index in [1.165, 1.54) is 0 Å². The Balaban J connectivity index is 2.82. The van der Waals surface area contributed by atoms with Gasteiger partial charge in [0.25, 0.3) is 10.2 Å². The van der Waals surface area contributed by atoms with E-state index >= 15 is 0 Å². The largest absolute Gasteiger partial charge is 0.329 e. The smallest absolute Gasteiger partial charge is 0.280 e. The zero-order chi connectivity index (χ0) is 15.6. The van der Waals surface area contributed by atoms with E-state index in [1.54, 1.807) is 4.31 Å². The molecule has 1 fully saturated rings. The van der Waals surface area contributed by atoms with E-state index in [4.69, 9.17) is 5.73 Å². The van der Waals surface area contributed by atoms with Gasteiger partial charge in [0, 0.05) is 25.2 Å². The lowest BCUT2D eigenvalue weighted by molar-refractivity contribution is 0.215. The lowest BCUT2D eigenvalue weighted by Crippen LogP contribution is -2.58. The first-order valence-electron chi connectivity index (χ1n) is 7.57. The molecule has 0 spiro atoms. The van der Waals surface area contributed by atoms with Gasteiger partial charge in [-0.3, -0.25) is 0 Å². The molecule has 0 amide bonds. The number of nitrogens with one attached hydrogen (secondary N) is 1. The molecule has 3 N–H and O–H groups in total. The van der Waals surface area contributed by atoms with Crippen molar-refractivity contribution in [2.45, 2.75) is 53.0 Å². The average molecular weight is 305 g/mol. The zero-order valence-electron chi connectivity index (χ0n) is 13.5. The molecule has 3 unspecified atom stereocenters. The number of hydrogen-bond acceptors (Lipinski definition) is 3. The van der Waals surface area contributed by atoms with Crippen LogP contribution in [0.25, 0.3) is 0 Å². The van der Waals surface area contributed by atoms with Crippen LogP contribution in [0.3, 0.4) is 0 Å². The standard InChI is InChI=1S/C14H31N3O2S/c1-11(2)7-14(5,10-15)16-20(18,19)17-8-12(3)6-13(4)9-17/h11-13,16H,6-10,15H2,1-5H3. The van der Waals surface area contributed by atoms with Crippen molar-refractivity contribution in [2.24, 2.45) is 23.5 Å².